The number of carbonyl (C=O) groups is 2. The molecule has 1 N–H and O–H groups in total. The first-order valence-corrected chi connectivity index (χ1v) is 7.27. The summed E-state index contributed by atoms with van der Waals surface area (Å²) in [6.07, 6.45) is 0. The van der Waals surface area contributed by atoms with Crippen molar-refractivity contribution in [1.29, 1.82) is 0 Å². The minimum Gasteiger partial charge on any atom is -0.452 e. The van der Waals surface area contributed by atoms with Gasteiger partial charge in [0, 0.05) is 12.6 Å². The number of nitrogens with one attached hydrogen (secondary N) is 1. The van der Waals surface area contributed by atoms with Gasteiger partial charge in [0.25, 0.3) is 11.6 Å². The predicted octanol–water partition coefficient (Wildman–Crippen LogP) is 2.72. The second-order valence-electron chi connectivity index (χ2n) is 4.76. The third kappa shape index (κ3) is 4.79. The maximum absolute atomic E-state index is 11.8. The van der Waals surface area contributed by atoms with E-state index in [0.717, 1.165) is 11.6 Å². The van der Waals surface area contributed by atoms with E-state index in [1.54, 1.807) is 0 Å². The Labute approximate surface area is 142 Å². The minimum atomic E-state index is -0.843. The number of rotatable bonds is 6. The van der Waals surface area contributed by atoms with Crippen LogP contribution in [0.1, 0.15) is 15.9 Å². The number of carbonyl (C=O) groups excluding carboxylic acids is 2. The Morgan fingerprint density at radius 3 is 2.54 bits per heavy atom. The predicted molar refractivity (Wildman–Crippen MR) is 86.7 cm³/mol. The second kappa shape index (κ2) is 8.07. The van der Waals surface area contributed by atoms with Crippen molar-refractivity contribution in [3.8, 4) is 0 Å². The zero-order valence-corrected chi connectivity index (χ0v) is 13.2. The number of nitrogens with zero attached hydrogens (tertiary/aromatic N) is 1. The highest BCUT2D eigenvalue weighted by molar-refractivity contribution is 6.32. The van der Waals surface area contributed by atoms with Crippen LogP contribution in [0, 0.1) is 10.1 Å². The smallest absolute Gasteiger partial charge is 0.338 e. The fourth-order valence-corrected chi connectivity index (χ4v) is 2.03. The molecule has 0 aromatic heterocycles. The van der Waals surface area contributed by atoms with E-state index in [4.69, 9.17) is 16.3 Å². The molecule has 0 fully saturated rings. The van der Waals surface area contributed by atoms with Crippen LogP contribution in [-0.4, -0.2) is 23.4 Å². The van der Waals surface area contributed by atoms with E-state index in [1.165, 1.54) is 12.1 Å². The van der Waals surface area contributed by atoms with Gasteiger partial charge in [-0.2, -0.15) is 0 Å². The lowest BCUT2D eigenvalue weighted by molar-refractivity contribution is -0.384. The fourth-order valence-electron chi connectivity index (χ4n) is 1.84. The van der Waals surface area contributed by atoms with Crippen LogP contribution < -0.4 is 5.32 Å². The molecule has 0 aliphatic heterocycles. The molecule has 0 saturated heterocycles. The Bertz CT molecular complexity index is 764. The van der Waals surface area contributed by atoms with Gasteiger partial charge in [0.15, 0.2) is 6.61 Å². The van der Waals surface area contributed by atoms with Gasteiger partial charge in [-0.25, -0.2) is 4.79 Å². The summed E-state index contributed by atoms with van der Waals surface area (Å²) in [7, 11) is 0. The second-order valence-corrected chi connectivity index (χ2v) is 5.17. The first kappa shape index (κ1) is 17.4. The first-order chi connectivity index (χ1) is 11.5. The summed E-state index contributed by atoms with van der Waals surface area (Å²) >= 11 is 5.66. The zero-order chi connectivity index (χ0) is 17.5. The molecule has 2 aromatic carbocycles. The number of ether oxygens (including phenoxy) is 1. The number of halogens is 1. The molecule has 0 radical (unpaired) electrons. The maximum atomic E-state index is 11.8. The summed E-state index contributed by atoms with van der Waals surface area (Å²) < 4.78 is 4.84. The van der Waals surface area contributed by atoms with Crippen molar-refractivity contribution in [2.24, 2.45) is 0 Å². The van der Waals surface area contributed by atoms with Crippen LogP contribution in [0.4, 0.5) is 5.69 Å². The van der Waals surface area contributed by atoms with Crippen molar-refractivity contribution >= 4 is 29.2 Å². The molecule has 0 saturated carbocycles. The van der Waals surface area contributed by atoms with Crippen molar-refractivity contribution in [2.45, 2.75) is 6.54 Å². The minimum absolute atomic E-state index is 0.0537. The van der Waals surface area contributed by atoms with Crippen LogP contribution in [-0.2, 0) is 16.1 Å². The van der Waals surface area contributed by atoms with Crippen molar-refractivity contribution in [3.63, 3.8) is 0 Å². The van der Waals surface area contributed by atoms with Crippen molar-refractivity contribution in [1.82, 2.24) is 5.32 Å². The normalized spacial score (nSPS) is 10.0. The average molecular weight is 349 g/mol. The van der Waals surface area contributed by atoms with Crippen LogP contribution in [0.15, 0.2) is 48.5 Å². The first-order valence-electron chi connectivity index (χ1n) is 6.89. The molecular weight excluding hydrogens is 336 g/mol. The van der Waals surface area contributed by atoms with Crippen molar-refractivity contribution in [3.05, 3.63) is 74.8 Å². The number of nitro benzene ring substituents is 1. The Morgan fingerprint density at radius 1 is 1.17 bits per heavy atom. The van der Waals surface area contributed by atoms with Crippen LogP contribution in [0.2, 0.25) is 5.02 Å². The molecule has 8 heteroatoms. The molecule has 2 rings (SSSR count). The highest BCUT2D eigenvalue weighted by Crippen LogP contribution is 2.25. The molecule has 0 heterocycles. The maximum Gasteiger partial charge on any atom is 0.338 e. The van der Waals surface area contributed by atoms with Crippen LogP contribution in [0.5, 0.6) is 0 Å². The Hall–Kier alpha value is -2.93. The lowest BCUT2D eigenvalue weighted by Gasteiger charge is -2.07. The molecule has 0 bridgehead atoms. The number of hydrogen-bond donors (Lipinski definition) is 1. The average Bonchev–Trinajstić information content (AvgIpc) is 2.59. The van der Waals surface area contributed by atoms with Gasteiger partial charge < -0.3 is 10.1 Å². The number of esters is 1. The van der Waals surface area contributed by atoms with Gasteiger partial charge >= 0.3 is 5.97 Å². The summed E-state index contributed by atoms with van der Waals surface area (Å²) in [5.41, 5.74) is 0.451. The Kier molecular flexibility index (Phi) is 5.86. The monoisotopic (exact) mass is 348 g/mol. The molecule has 0 atom stereocenters. The quantitative estimate of drug-likeness (QED) is 0.491. The van der Waals surface area contributed by atoms with E-state index >= 15 is 0 Å². The van der Waals surface area contributed by atoms with Gasteiger partial charge in [0.1, 0.15) is 5.02 Å². The van der Waals surface area contributed by atoms with Crippen LogP contribution in [0.25, 0.3) is 0 Å². The highest BCUT2D eigenvalue weighted by atomic mass is 35.5. The Morgan fingerprint density at radius 2 is 1.88 bits per heavy atom. The van der Waals surface area contributed by atoms with E-state index in [-0.39, 0.29) is 10.6 Å². The van der Waals surface area contributed by atoms with Crippen LogP contribution in [0.3, 0.4) is 0 Å². The molecule has 2 aromatic rings. The number of hydrogen-bond acceptors (Lipinski definition) is 5. The summed E-state index contributed by atoms with van der Waals surface area (Å²) in [6, 6.07) is 12.8. The summed E-state index contributed by atoms with van der Waals surface area (Å²) in [6.45, 7) is -0.175. The van der Waals surface area contributed by atoms with E-state index in [2.05, 4.69) is 5.32 Å². The van der Waals surface area contributed by atoms with Crippen molar-refractivity contribution in [2.75, 3.05) is 6.61 Å². The lowest BCUT2D eigenvalue weighted by atomic mass is 10.2. The van der Waals surface area contributed by atoms with Gasteiger partial charge in [-0.3, -0.25) is 14.9 Å². The molecule has 0 unspecified atom stereocenters. The number of amides is 1. The van der Waals surface area contributed by atoms with E-state index < -0.39 is 29.1 Å². The SMILES string of the molecule is O=C(COC(=O)c1ccc(Cl)c([N+](=O)[O-])c1)NCc1ccccc1. The Balaban J connectivity index is 1.87. The summed E-state index contributed by atoms with van der Waals surface area (Å²) in [5.74, 6) is -1.32. The standard InChI is InChI=1S/C16H13ClN2O5/c17-13-7-6-12(8-14(13)19(22)23)16(21)24-10-15(20)18-9-11-4-2-1-3-5-11/h1-8H,9-10H2,(H,18,20). The molecule has 0 spiro atoms. The molecule has 1 amide bonds. The molecule has 0 aliphatic carbocycles. The van der Waals surface area contributed by atoms with Crippen molar-refractivity contribution < 1.29 is 19.2 Å². The lowest BCUT2D eigenvalue weighted by Crippen LogP contribution is -2.28. The topological polar surface area (TPSA) is 98.5 Å². The van der Waals surface area contributed by atoms with Gasteiger partial charge in [-0.1, -0.05) is 41.9 Å². The van der Waals surface area contributed by atoms with E-state index in [1.807, 2.05) is 30.3 Å². The largest absolute Gasteiger partial charge is 0.452 e. The molecular formula is C16H13ClN2O5. The zero-order valence-electron chi connectivity index (χ0n) is 12.4. The fraction of sp³-hybridized carbons (Fsp3) is 0.125. The summed E-state index contributed by atoms with van der Waals surface area (Å²) in [4.78, 5) is 33.6. The third-order valence-electron chi connectivity index (χ3n) is 3.05. The van der Waals surface area contributed by atoms with E-state index in [0.29, 0.717) is 6.54 Å². The van der Waals surface area contributed by atoms with E-state index in [9.17, 15) is 19.7 Å². The van der Waals surface area contributed by atoms with Gasteiger partial charge in [-0.05, 0) is 17.7 Å². The molecule has 24 heavy (non-hydrogen) atoms. The van der Waals surface area contributed by atoms with Gasteiger partial charge in [0.2, 0.25) is 0 Å². The number of nitro groups is 1. The van der Waals surface area contributed by atoms with Gasteiger partial charge in [0.05, 0.1) is 10.5 Å². The third-order valence-corrected chi connectivity index (χ3v) is 3.37. The highest BCUT2D eigenvalue weighted by Gasteiger charge is 2.17. The number of benzene rings is 2. The molecule has 124 valence electrons. The molecule has 0 aliphatic rings. The van der Waals surface area contributed by atoms with Crippen LogP contribution >= 0.6 is 11.6 Å². The summed E-state index contributed by atoms with van der Waals surface area (Å²) in [5, 5.41) is 13.3. The van der Waals surface area contributed by atoms with Gasteiger partial charge in [-0.15, -0.1) is 0 Å². The molecule has 7 nitrogen and oxygen atoms in total.